The molecule has 0 saturated heterocycles. The van der Waals surface area contributed by atoms with Crippen molar-refractivity contribution in [1.29, 1.82) is 0 Å². The van der Waals surface area contributed by atoms with E-state index in [-0.39, 0.29) is 6.04 Å². The Balaban J connectivity index is 2.07. The summed E-state index contributed by atoms with van der Waals surface area (Å²) in [7, 11) is 1.69. The summed E-state index contributed by atoms with van der Waals surface area (Å²) in [5.41, 5.74) is 1.14. The molecule has 1 atom stereocenters. The maximum absolute atomic E-state index is 5.39. The molecule has 1 unspecified atom stereocenters. The van der Waals surface area contributed by atoms with Gasteiger partial charge < -0.3 is 14.6 Å². The number of para-hydroxylation sites is 1. The fourth-order valence-electron chi connectivity index (χ4n) is 2.05. The number of aryl methyl sites for hydroxylation is 1. The molecular weight excluding hydrogens is 242 g/mol. The van der Waals surface area contributed by atoms with E-state index < -0.39 is 0 Å². The van der Waals surface area contributed by atoms with E-state index in [1.165, 1.54) is 0 Å². The van der Waals surface area contributed by atoms with E-state index in [9.17, 15) is 0 Å². The molecule has 5 heteroatoms. The van der Waals surface area contributed by atoms with Crippen molar-refractivity contribution in [3.63, 3.8) is 0 Å². The molecule has 19 heavy (non-hydrogen) atoms. The number of ether oxygens (including phenoxy) is 1. The van der Waals surface area contributed by atoms with Crippen LogP contribution in [0.3, 0.4) is 0 Å². The van der Waals surface area contributed by atoms with Gasteiger partial charge in [0.1, 0.15) is 5.75 Å². The first-order chi connectivity index (χ1) is 9.24. The summed E-state index contributed by atoms with van der Waals surface area (Å²) < 4.78 is 10.5. The van der Waals surface area contributed by atoms with Gasteiger partial charge in [-0.15, -0.1) is 0 Å². The molecule has 0 radical (unpaired) electrons. The predicted molar refractivity (Wildman–Crippen MR) is 71.9 cm³/mol. The minimum atomic E-state index is 0.198. The first-order valence-electron chi connectivity index (χ1n) is 6.40. The standard InChI is InChI=1S/C14H19N3O2/c1-4-12(11-7-5-6-8-13(11)18-3)15-9-14-16-10(2)17-19-14/h5-8,12,15H,4,9H2,1-3H3. The number of aromatic nitrogens is 2. The van der Waals surface area contributed by atoms with Crippen LogP contribution in [0.4, 0.5) is 0 Å². The first kappa shape index (κ1) is 13.5. The summed E-state index contributed by atoms with van der Waals surface area (Å²) in [4.78, 5) is 4.18. The molecule has 1 aromatic heterocycles. The second-order valence-corrected chi connectivity index (χ2v) is 4.32. The lowest BCUT2D eigenvalue weighted by Crippen LogP contribution is -2.21. The Hall–Kier alpha value is -1.88. The van der Waals surface area contributed by atoms with E-state index in [0.29, 0.717) is 18.3 Å². The predicted octanol–water partition coefficient (Wildman–Crippen LogP) is 2.63. The Kier molecular flexibility index (Phi) is 4.52. The van der Waals surface area contributed by atoms with Crippen LogP contribution in [-0.4, -0.2) is 17.3 Å². The zero-order chi connectivity index (χ0) is 13.7. The van der Waals surface area contributed by atoms with Crippen molar-refractivity contribution in [3.8, 4) is 5.75 Å². The summed E-state index contributed by atoms with van der Waals surface area (Å²) in [6.45, 7) is 4.49. The highest BCUT2D eigenvalue weighted by Gasteiger charge is 2.14. The summed E-state index contributed by atoms with van der Waals surface area (Å²) in [6.07, 6.45) is 0.952. The molecule has 5 nitrogen and oxygen atoms in total. The third-order valence-electron chi connectivity index (χ3n) is 2.99. The molecule has 0 saturated carbocycles. The number of methoxy groups -OCH3 is 1. The number of nitrogens with zero attached hydrogens (tertiary/aromatic N) is 2. The van der Waals surface area contributed by atoms with Crippen molar-refractivity contribution in [1.82, 2.24) is 15.5 Å². The van der Waals surface area contributed by atoms with Crippen LogP contribution >= 0.6 is 0 Å². The van der Waals surface area contributed by atoms with Crippen LogP contribution in [0.1, 0.15) is 36.7 Å². The fraction of sp³-hybridized carbons (Fsp3) is 0.429. The summed E-state index contributed by atoms with van der Waals surface area (Å²) in [5.74, 6) is 2.15. The third kappa shape index (κ3) is 3.32. The van der Waals surface area contributed by atoms with Crippen LogP contribution in [0.25, 0.3) is 0 Å². The smallest absolute Gasteiger partial charge is 0.240 e. The van der Waals surface area contributed by atoms with Crippen LogP contribution in [0.2, 0.25) is 0 Å². The quantitative estimate of drug-likeness (QED) is 0.866. The molecular formula is C14H19N3O2. The van der Waals surface area contributed by atoms with Gasteiger partial charge in [0.15, 0.2) is 5.82 Å². The van der Waals surface area contributed by atoms with Crippen LogP contribution in [0.15, 0.2) is 28.8 Å². The monoisotopic (exact) mass is 261 g/mol. The Bertz CT molecular complexity index is 525. The van der Waals surface area contributed by atoms with Gasteiger partial charge in [0.25, 0.3) is 0 Å². The molecule has 2 rings (SSSR count). The number of hydrogen-bond acceptors (Lipinski definition) is 5. The van der Waals surface area contributed by atoms with Gasteiger partial charge in [-0.3, -0.25) is 0 Å². The van der Waals surface area contributed by atoms with E-state index >= 15 is 0 Å². The average Bonchev–Trinajstić information content (AvgIpc) is 2.86. The topological polar surface area (TPSA) is 60.2 Å². The van der Waals surface area contributed by atoms with Crippen molar-refractivity contribution in [2.45, 2.75) is 32.9 Å². The third-order valence-corrected chi connectivity index (χ3v) is 2.99. The van der Waals surface area contributed by atoms with Gasteiger partial charge in [0, 0.05) is 11.6 Å². The average molecular weight is 261 g/mol. The Morgan fingerprint density at radius 1 is 1.37 bits per heavy atom. The zero-order valence-electron chi connectivity index (χ0n) is 11.5. The second-order valence-electron chi connectivity index (χ2n) is 4.32. The van der Waals surface area contributed by atoms with Crippen LogP contribution in [-0.2, 0) is 6.54 Å². The number of rotatable bonds is 6. The van der Waals surface area contributed by atoms with Gasteiger partial charge >= 0.3 is 0 Å². The van der Waals surface area contributed by atoms with Crippen molar-refractivity contribution < 1.29 is 9.26 Å². The molecule has 2 aromatic rings. The first-order valence-corrected chi connectivity index (χ1v) is 6.40. The molecule has 0 bridgehead atoms. The molecule has 0 spiro atoms. The van der Waals surface area contributed by atoms with E-state index in [4.69, 9.17) is 9.26 Å². The van der Waals surface area contributed by atoms with Crippen molar-refractivity contribution in [2.75, 3.05) is 7.11 Å². The van der Waals surface area contributed by atoms with Crippen molar-refractivity contribution >= 4 is 0 Å². The highest BCUT2D eigenvalue weighted by Crippen LogP contribution is 2.26. The molecule has 0 amide bonds. The molecule has 0 aliphatic heterocycles. The lowest BCUT2D eigenvalue weighted by Gasteiger charge is -2.18. The normalized spacial score (nSPS) is 12.4. The molecule has 1 aromatic carbocycles. The van der Waals surface area contributed by atoms with Gasteiger partial charge in [-0.25, -0.2) is 0 Å². The lowest BCUT2D eigenvalue weighted by molar-refractivity contribution is 0.349. The molecule has 0 aliphatic rings. The number of hydrogen-bond donors (Lipinski definition) is 1. The van der Waals surface area contributed by atoms with Crippen molar-refractivity contribution in [3.05, 3.63) is 41.5 Å². The van der Waals surface area contributed by atoms with Gasteiger partial charge in [-0.05, 0) is 19.4 Å². The largest absolute Gasteiger partial charge is 0.496 e. The van der Waals surface area contributed by atoms with Gasteiger partial charge in [0.05, 0.1) is 13.7 Å². The molecule has 1 N–H and O–H groups in total. The summed E-state index contributed by atoms with van der Waals surface area (Å²) >= 11 is 0. The fourth-order valence-corrected chi connectivity index (χ4v) is 2.05. The van der Waals surface area contributed by atoms with E-state index in [1.807, 2.05) is 25.1 Å². The highest BCUT2D eigenvalue weighted by atomic mass is 16.5. The Labute approximate surface area is 113 Å². The number of nitrogens with one attached hydrogen (secondary N) is 1. The van der Waals surface area contributed by atoms with Crippen LogP contribution < -0.4 is 10.1 Å². The van der Waals surface area contributed by atoms with E-state index in [2.05, 4.69) is 28.4 Å². The summed E-state index contributed by atoms with van der Waals surface area (Å²) in [5, 5.41) is 7.19. The molecule has 102 valence electrons. The second kappa shape index (κ2) is 6.33. The van der Waals surface area contributed by atoms with Crippen LogP contribution in [0.5, 0.6) is 5.75 Å². The van der Waals surface area contributed by atoms with E-state index in [1.54, 1.807) is 7.11 Å². The Morgan fingerprint density at radius 2 is 2.16 bits per heavy atom. The van der Waals surface area contributed by atoms with Gasteiger partial charge in [0.2, 0.25) is 5.89 Å². The van der Waals surface area contributed by atoms with Crippen LogP contribution in [0, 0.1) is 6.92 Å². The maximum atomic E-state index is 5.39. The molecule has 0 aliphatic carbocycles. The van der Waals surface area contributed by atoms with E-state index in [0.717, 1.165) is 17.7 Å². The lowest BCUT2D eigenvalue weighted by atomic mass is 10.0. The van der Waals surface area contributed by atoms with Gasteiger partial charge in [-0.1, -0.05) is 30.3 Å². The minimum Gasteiger partial charge on any atom is -0.496 e. The number of benzene rings is 1. The van der Waals surface area contributed by atoms with Gasteiger partial charge in [-0.2, -0.15) is 4.98 Å². The maximum Gasteiger partial charge on any atom is 0.240 e. The highest BCUT2D eigenvalue weighted by molar-refractivity contribution is 5.35. The minimum absolute atomic E-state index is 0.198. The molecule has 1 heterocycles. The van der Waals surface area contributed by atoms with Crippen molar-refractivity contribution in [2.24, 2.45) is 0 Å². The molecule has 0 fully saturated rings. The SMILES string of the molecule is CCC(NCc1nc(C)no1)c1ccccc1OC. The zero-order valence-corrected chi connectivity index (χ0v) is 11.5. The Morgan fingerprint density at radius 3 is 2.79 bits per heavy atom. The summed E-state index contributed by atoms with van der Waals surface area (Å²) in [6, 6.07) is 8.22.